The Morgan fingerprint density at radius 1 is 0.789 bits per heavy atom. The van der Waals surface area contributed by atoms with Gasteiger partial charge in [-0.3, -0.25) is 4.90 Å². The molecule has 0 N–H and O–H groups in total. The highest BCUT2D eigenvalue weighted by Gasteiger charge is 2.21. The lowest BCUT2D eigenvalue weighted by atomic mass is 10.2. The molecule has 0 radical (unpaired) electrons. The summed E-state index contributed by atoms with van der Waals surface area (Å²) in [6.45, 7) is 17.7. The van der Waals surface area contributed by atoms with Gasteiger partial charge >= 0.3 is 0 Å². The van der Waals surface area contributed by atoms with Gasteiger partial charge < -0.3 is 9.80 Å². The molecule has 0 spiro atoms. The molecule has 2 fully saturated rings. The third-order valence-electron chi connectivity index (χ3n) is 4.59. The summed E-state index contributed by atoms with van der Waals surface area (Å²) in [4.78, 5) is 7.50. The second-order valence-electron chi connectivity index (χ2n) is 6.76. The van der Waals surface area contributed by atoms with Crippen molar-refractivity contribution in [2.24, 2.45) is 0 Å². The van der Waals surface area contributed by atoms with E-state index in [1.165, 1.54) is 45.6 Å². The quantitative estimate of drug-likeness (QED) is 0.763. The fraction of sp³-hybridized carbons (Fsp3) is 1.00. The normalized spacial score (nSPS) is 26.8. The predicted octanol–water partition coefficient (Wildman–Crippen LogP) is 2.52. The highest BCUT2D eigenvalue weighted by Crippen LogP contribution is 2.10. The van der Waals surface area contributed by atoms with Crippen LogP contribution in [0.5, 0.6) is 0 Å². The molecule has 0 bridgehead atoms. The van der Waals surface area contributed by atoms with Crippen LogP contribution < -0.4 is 0 Å². The Morgan fingerprint density at radius 2 is 1.32 bits per heavy atom. The van der Waals surface area contributed by atoms with E-state index < -0.39 is 0 Å². The summed E-state index contributed by atoms with van der Waals surface area (Å²) in [5.74, 6) is 0. The molecule has 2 aliphatic heterocycles. The van der Waals surface area contributed by atoms with Crippen LogP contribution in [-0.2, 0) is 0 Å². The number of nitrogens with zero attached hydrogens (tertiary/aromatic N) is 3. The smallest absolute Gasteiger partial charge is 0.0192 e. The molecule has 2 heterocycles. The molecule has 3 heteroatoms. The summed E-state index contributed by atoms with van der Waals surface area (Å²) in [7, 11) is 2.21. The summed E-state index contributed by atoms with van der Waals surface area (Å²) in [5, 5.41) is 0. The fourth-order valence-electron chi connectivity index (χ4n) is 2.80. The van der Waals surface area contributed by atoms with Gasteiger partial charge in [-0.2, -0.15) is 0 Å². The van der Waals surface area contributed by atoms with E-state index in [1.54, 1.807) is 0 Å². The minimum absolute atomic E-state index is 0.714. The van der Waals surface area contributed by atoms with Crippen molar-refractivity contribution in [2.75, 3.05) is 39.8 Å². The zero-order valence-corrected chi connectivity index (χ0v) is 14.0. The summed E-state index contributed by atoms with van der Waals surface area (Å²) in [5.41, 5.74) is 0. The van der Waals surface area contributed by atoms with E-state index in [0.717, 1.165) is 12.1 Å². The van der Waals surface area contributed by atoms with Crippen molar-refractivity contribution >= 4 is 0 Å². The first-order valence-electron chi connectivity index (χ1n) is 8.10. The maximum atomic E-state index is 2.55. The fourth-order valence-corrected chi connectivity index (χ4v) is 2.80. The van der Waals surface area contributed by atoms with Crippen LogP contribution in [0.3, 0.4) is 0 Å². The zero-order chi connectivity index (χ0) is 14.4. The first-order chi connectivity index (χ1) is 8.91. The first-order valence-corrected chi connectivity index (χ1v) is 8.10. The number of hydrogen-bond acceptors (Lipinski definition) is 3. The van der Waals surface area contributed by atoms with Crippen LogP contribution in [0.2, 0.25) is 0 Å². The van der Waals surface area contributed by atoms with Crippen molar-refractivity contribution in [1.82, 2.24) is 14.7 Å². The minimum Gasteiger partial charge on any atom is -0.301 e. The van der Waals surface area contributed by atoms with Crippen LogP contribution >= 0.6 is 0 Å². The highest BCUT2D eigenvalue weighted by atomic mass is 15.3. The van der Waals surface area contributed by atoms with Gasteiger partial charge in [0.1, 0.15) is 0 Å². The van der Waals surface area contributed by atoms with Gasteiger partial charge in [0.05, 0.1) is 0 Å². The van der Waals surface area contributed by atoms with Gasteiger partial charge in [-0.25, -0.2) is 0 Å². The Labute approximate surface area is 120 Å². The molecule has 1 unspecified atom stereocenters. The second-order valence-corrected chi connectivity index (χ2v) is 6.76. The maximum Gasteiger partial charge on any atom is 0.0192 e. The molecule has 2 rings (SSSR count). The lowest BCUT2D eigenvalue weighted by molar-refractivity contribution is 0.0832. The number of likely N-dealkylation sites (N-methyl/N-ethyl adjacent to an activating group) is 1. The molecule has 0 aliphatic carbocycles. The van der Waals surface area contributed by atoms with E-state index in [2.05, 4.69) is 56.4 Å². The lowest BCUT2D eigenvalue weighted by Crippen LogP contribution is -2.52. The molecule has 0 aromatic rings. The van der Waals surface area contributed by atoms with E-state index in [9.17, 15) is 0 Å². The molecule has 2 aliphatic rings. The Morgan fingerprint density at radius 3 is 1.68 bits per heavy atom. The molecule has 0 amide bonds. The summed E-state index contributed by atoms with van der Waals surface area (Å²) < 4.78 is 0. The van der Waals surface area contributed by atoms with Crippen molar-refractivity contribution in [3.63, 3.8) is 0 Å². The van der Waals surface area contributed by atoms with E-state index >= 15 is 0 Å². The van der Waals surface area contributed by atoms with Gasteiger partial charge in [-0.1, -0.05) is 0 Å². The van der Waals surface area contributed by atoms with E-state index in [1.807, 2.05) is 0 Å². The molecule has 2 saturated heterocycles. The van der Waals surface area contributed by atoms with Crippen molar-refractivity contribution < 1.29 is 0 Å². The third-order valence-corrected chi connectivity index (χ3v) is 4.59. The van der Waals surface area contributed by atoms with Crippen LogP contribution in [0.25, 0.3) is 0 Å². The number of hydrogen-bond donors (Lipinski definition) is 0. The molecule has 0 saturated carbocycles. The van der Waals surface area contributed by atoms with Crippen LogP contribution in [0.15, 0.2) is 0 Å². The monoisotopic (exact) mass is 269 g/mol. The standard InChI is InChI=1S/C9H20N2.C7H15N/c1-8(2)11-6-5-10(4)9(3)7-11;1-7(2)8-5-3-4-6-8/h8-9H,5-7H2,1-4H3;7H,3-6H2,1-2H3. The van der Waals surface area contributed by atoms with Gasteiger partial charge in [-0.05, 0) is 67.6 Å². The van der Waals surface area contributed by atoms with Crippen LogP contribution in [0.4, 0.5) is 0 Å². The molecular weight excluding hydrogens is 234 g/mol. The van der Waals surface area contributed by atoms with Crippen LogP contribution in [0, 0.1) is 0 Å². The Bertz CT molecular complexity index is 234. The largest absolute Gasteiger partial charge is 0.301 e. The lowest BCUT2D eigenvalue weighted by Gasteiger charge is -2.39. The Hall–Kier alpha value is -0.120. The molecule has 1 atom stereocenters. The minimum atomic E-state index is 0.714. The Kier molecular flexibility index (Phi) is 7.33. The van der Waals surface area contributed by atoms with Crippen molar-refractivity contribution in [2.45, 2.75) is 65.6 Å². The van der Waals surface area contributed by atoms with E-state index in [4.69, 9.17) is 0 Å². The SMILES string of the molecule is CC(C)N1CCCC1.CC1CN(C(C)C)CCN1C. The van der Waals surface area contributed by atoms with Crippen molar-refractivity contribution in [3.8, 4) is 0 Å². The van der Waals surface area contributed by atoms with Gasteiger partial charge in [0.15, 0.2) is 0 Å². The third kappa shape index (κ3) is 5.80. The number of piperazine rings is 1. The highest BCUT2D eigenvalue weighted by molar-refractivity contribution is 4.78. The van der Waals surface area contributed by atoms with Crippen molar-refractivity contribution in [1.29, 1.82) is 0 Å². The zero-order valence-electron chi connectivity index (χ0n) is 14.0. The average Bonchev–Trinajstić information content (AvgIpc) is 2.87. The predicted molar refractivity (Wildman–Crippen MR) is 84.7 cm³/mol. The first kappa shape index (κ1) is 16.9. The van der Waals surface area contributed by atoms with Crippen molar-refractivity contribution in [3.05, 3.63) is 0 Å². The number of likely N-dealkylation sites (tertiary alicyclic amines) is 1. The van der Waals surface area contributed by atoms with Gasteiger partial charge in [0.25, 0.3) is 0 Å². The number of rotatable bonds is 2. The molecule has 114 valence electrons. The second kappa shape index (κ2) is 8.23. The summed E-state index contributed by atoms with van der Waals surface area (Å²) in [6.07, 6.45) is 2.83. The average molecular weight is 269 g/mol. The van der Waals surface area contributed by atoms with Crippen LogP contribution in [0.1, 0.15) is 47.5 Å². The van der Waals surface area contributed by atoms with E-state index in [0.29, 0.717) is 6.04 Å². The van der Waals surface area contributed by atoms with Gasteiger partial charge in [0, 0.05) is 37.8 Å². The molecule has 0 aromatic carbocycles. The topological polar surface area (TPSA) is 9.72 Å². The summed E-state index contributed by atoms with van der Waals surface area (Å²) in [6, 6.07) is 2.22. The van der Waals surface area contributed by atoms with Gasteiger partial charge in [0.2, 0.25) is 0 Å². The maximum absolute atomic E-state index is 2.55. The summed E-state index contributed by atoms with van der Waals surface area (Å²) >= 11 is 0. The van der Waals surface area contributed by atoms with Gasteiger partial charge in [-0.15, -0.1) is 0 Å². The van der Waals surface area contributed by atoms with E-state index in [-0.39, 0.29) is 0 Å². The molecule has 0 aromatic heterocycles. The molecule has 3 nitrogen and oxygen atoms in total. The van der Waals surface area contributed by atoms with Crippen LogP contribution in [-0.4, -0.2) is 72.6 Å². The molecule has 19 heavy (non-hydrogen) atoms. The Balaban J connectivity index is 0.000000200. The molecular formula is C16H35N3.